The molecule has 0 unspecified atom stereocenters. The molecule has 5 nitrogen and oxygen atoms in total. The maximum Gasteiger partial charge on any atom is 0.163 e. The minimum absolute atomic E-state index is 0.0839. The van der Waals surface area contributed by atoms with Crippen LogP contribution in [0, 0.1) is 6.92 Å². The molecule has 0 aliphatic rings. The van der Waals surface area contributed by atoms with Gasteiger partial charge in [-0.15, -0.1) is 0 Å². The van der Waals surface area contributed by atoms with E-state index in [-0.39, 0.29) is 5.78 Å². The third-order valence-electron chi connectivity index (χ3n) is 1.98. The van der Waals surface area contributed by atoms with E-state index in [9.17, 15) is 4.79 Å². The molecule has 0 aromatic carbocycles. The van der Waals surface area contributed by atoms with Crippen molar-refractivity contribution in [2.45, 2.75) is 20.4 Å². The van der Waals surface area contributed by atoms with Gasteiger partial charge in [0, 0.05) is 0 Å². The van der Waals surface area contributed by atoms with Crippen molar-refractivity contribution < 1.29 is 4.79 Å². The molecule has 0 aliphatic carbocycles. The third kappa shape index (κ3) is 1.37. The molecule has 0 amide bonds. The number of hydrogen-bond donors (Lipinski definition) is 0. The van der Waals surface area contributed by atoms with Gasteiger partial charge in [-0.2, -0.15) is 0 Å². The van der Waals surface area contributed by atoms with Crippen LogP contribution in [0.15, 0.2) is 12.7 Å². The summed E-state index contributed by atoms with van der Waals surface area (Å²) in [5.41, 5.74) is 2.30. The molecule has 5 heteroatoms. The van der Waals surface area contributed by atoms with E-state index in [4.69, 9.17) is 0 Å². The first kappa shape index (κ1) is 8.80. The Labute approximate surface area is 80.8 Å². The molecule has 0 aliphatic heterocycles. The van der Waals surface area contributed by atoms with Gasteiger partial charge in [0.2, 0.25) is 0 Å². The van der Waals surface area contributed by atoms with E-state index in [0.29, 0.717) is 12.2 Å². The molecule has 2 rings (SSSR count). The number of carbonyl (C=O) groups excluding carboxylic acids is 1. The van der Waals surface area contributed by atoms with Gasteiger partial charge in [-0.25, -0.2) is 15.0 Å². The van der Waals surface area contributed by atoms with E-state index in [0.717, 1.165) is 11.2 Å². The van der Waals surface area contributed by atoms with Crippen molar-refractivity contribution in [3.63, 3.8) is 0 Å². The monoisotopic (exact) mass is 190 g/mol. The second-order valence-electron chi connectivity index (χ2n) is 3.21. The number of Topliss-reactive ketones (excluding diaryl/α,β-unsaturated/α-hetero) is 1. The van der Waals surface area contributed by atoms with Gasteiger partial charge in [0.25, 0.3) is 0 Å². The van der Waals surface area contributed by atoms with E-state index in [1.807, 2.05) is 6.92 Å². The van der Waals surface area contributed by atoms with Crippen LogP contribution >= 0.6 is 0 Å². The van der Waals surface area contributed by atoms with Gasteiger partial charge in [-0.1, -0.05) is 0 Å². The SMILES string of the molecule is CC(=O)Cn1cnc2c(C)ncnc21. The number of rotatable bonds is 2. The smallest absolute Gasteiger partial charge is 0.163 e. The topological polar surface area (TPSA) is 60.7 Å². The number of hydrogen-bond acceptors (Lipinski definition) is 4. The molecular weight excluding hydrogens is 180 g/mol. The van der Waals surface area contributed by atoms with Gasteiger partial charge in [-0.3, -0.25) is 4.79 Å². The number of aromatic nitrogens is 4. The first-order chi connectivity index (χ1) is 6.68. The van der Waals surface area contributed by atoms with Crippen LogP contribution in [0.25, 0.3) is 11.2 Å². The number of fused-ring (bicyclic) bond motifs is 1. The number of ketones is 1. The van der Waals surface area contributed by atoms with Crippen molar-refractivity contribution in [2.75, 3.05) is 0 Å². The van der Waals surface area contributed by atoms with Gasteiger partial charge in [0.15, 0.2) is 5.65 Å². The molecule has 0 fully saturated rings. The van der Waals surface area contributed by atoms with Crippen molar-refractivity contribution in [2.24, 2.45) is 0 Å². The Balaban J connectivity index is 2.58. The van der Waals surface area contributed by atoms with Gasteiger partial charge in [0.1, 0.15) is 17.6 Å². The van der Waals surface area contributed by atoms with Crippen LogP contribution in [0.5, 0.6) is 0 Å². The normalized spacial score (nSPS) is 10.7. The summed E-state index contributed by atoms with van der Waals surface area (Å²) in [6.45, 7) is 3.72. The molecule has 2 aromatic rings. The van der Waals surface area contributed by atoms with Crippen LogP contribution < -0.4 is 0 Å². The summed E-state index contributed by atoms with van der Waals surface area (Å²) in [5.74, 6) is 0.0839. The van der Waals surface area contributed by atoms with Crippen LogP contribution in [0.2, 0.25) is 0 Å². The van der Waals surface area contributed by atoms with Crippen molar-refractivity contribution in [3.8, 4) is 0 Å². The Morgan fingerprint density at radius 3 is 2.93 bits per heavy atom. The second-order valence-corrected chi connectivity index (χ2v) is 3.21. The maximum atomic E-state index is 10.9. The molecule has 0 saturated heterocycles. The number of imidazole rings is 1. The molecule has 72 valence electrons. The van der Waals surface area contributed by atoms with Crippen LogP contribution in [-0.4, -0.2) is 25.3 Å². The largest absolute Gasteiger partial charge is 0.308 e. The molecular formula is C9H10N4O. The van der Waals surface area contributed by atoms with Crippen LogP contribution in [0.4, 0.5) is 0 Å². The number of carbonyl (C=O) groups is 1. The van der Waals surface area contributed by atoms with E-state index in [1.165, 1.54) is 6.33 Å². The average molecular weight is 190 g/mol. The Morgan fingerprint density at radius 2 is 2.21 bits per heavy atom. The minimum Gasteiger partial charge on any atom is -0.308 e. The summed E-state index contributed by atoms with van der Waals surface area (Å²) < 4.78 is 1.73. The fourth-order valence-corrected chi connectivity index (χ4v) is 1.35. The lowest BCUT2D eigenvalue weighted by atomic mass is 10.4. The molecule has 0 atom stereocenters. The van der Waals surface area contributed by atoms with Gasteiger partial charge in [0.05, 0.1) is 18.6 Å². The van der Waals surface area contributed by atoms with Crippen molar-refractivity contribution in [1.29, 1.82) is 0 Å². The van der Waals surface area contributed by atoms with E-state index in [1.54, 1.807) is 17.8 Å². The zero-order valence-electron chi connectivity index (χ0n) is 8.06. The molecule has 0 bridgehead atoms. The summed E-state index contributed by atoms with van der Waals surface area (Å²) in [6.07, 6.45) is 3.10. The molecule has 0 saturated carbocycles. The number of nitrogens with zero attached hydrogens (tertiary/aromatic N) is 4. The highest BCUT2D eigenvalue weighted by Gasteiger charge is 2.07. The van der Waals surface area contributed by atoms with Crippen molar-refractivity contribution >= 4 is 16.9 Å². The lowest BCUT2D eigenvalue weighted by molar-refractivity contribution is -0.117. The molecule has 0 N–H and O–H groups in total. The maximum absolute atomic E-state index is 10.9. The summed E-state index contributed by atoms with van der Waals surface area (Å²) in [4.78, 5) is 23.2. The highest BCUT2D eigenvalue weighted by molar-refractivity contribution is 5.79. The lowest BCUT2D eigenvalue weighted by Crippen LogP contribution is -2.05. The summed E-state index contributed by atoms with van der Waals surface area (Å²) >= 11 is 0. The fourth-order valence-electron chi connectivity index (χ4n) is 1.35. The summed E-state index contributed by atoms with van der Waals surface area (Å²) in [5, 5.41) is 0. The highest BCUT2D eigenvalue weighted by Crippen LogP contribution is 2.11. The Bertz CT molecular complexity index is 489. The Hall–Kier alpha value is -1.78. The zero-order valence-corrected chi connectivity index (χ0v) is 8.06. The lowest BCUT2D eigenvalue weighted by Gasteiger charge is -1.99. The van der Waals surface area contributed by atoms with Crippen molar-refractivity contribution in [3.05, 3.63) is 18.3 Å². The molecule has 14 heavy (non-hydrogen) atoms. The second kappa shape index (κ2) is 3.17. The third-order valence-corrected chi connectivity index (χ3v) is 1.98. The zero-order chi connectivity index (χ0) is 10.1. The van der Waals surface area contributed by atoms with Gasteiger partial charge >= 0.3 is 0 Å². The van der Waals surface area contributed by atoms with E-state index >= 15 is 0 Å². The molecule has 0 spiro atoms. The van der Waals surface area contributed by atoms with Crippen LogP contribution in [0.3, 0.4) is 0 Å². The van der Waals surface area contributed by atoms with E-state index in [2.05, 4.69) is 15.0 Å². The van der Waals surface area contributed by atoms with Gasteiger partial charge < -0.3 is 4.57 Å². The molecule has 2 heterocycles. The number of aryl methyl sites for hydroxylation is 1. The van der Waals surface area contributed by atoms with Gasteiger partial charge in [-0.05, 0) is 13.8 Å². The Kier molecular flexibility index (Phi) is 1.99. The average Bonchev–Trinajstić information content (AvgIpc) is 2.49. The van der Waals surface area contributed by atoms with Crippen LogP contribution in [0.1, 0.15) is 12.6 Å². The minimum atomic E-state index is 0.0839. The molecule has 2 aromatic heterocycles. The van der Waals surface area contributed by atoms with Crippen molar-refractivity contribution in [1.82, 2.24) is 19.5 Å². The first-order valence-corrected chi connectivity index (χ1v) is 4.30. The summed E-state index contributed by atoms with van der Waals surface area (Å²) in [6, 6.07) is 0. The summed E-state index contributed by atoms with van der Waals surface area (Å²) in [7, 11) is 0. The molecule has 0 radical (unpaired) electrons. The quantitative estimate of drug-likeness (QED) is 0.700. The van der Waals surface area contributed by atoms with Crippen LogP contribution in [-0.2, 0) is 11.3 Å². The van der Waals surface area contributed by atoms with E-state index < -0.39 is 0 Å². The predicted molar refractivity (Wildman–Crippen MR) is 50.7 cm³/mol. The standard InChI is InChI=1S/C9H10N4O/c1-6(14)3-13-5-12-8-7(2)10-4-11-9(8)13/h4-5H,3H2,1-2H3. The fraction of sp³-hybridized carbons (Fsp3) is 0.333. The highest BCUT2D eigenvalue weighted by atomic mass is 16.1. The first-order valence-electron chi connectivity index (χ1n) is 4.30. The predicted octanol–water partition coefficient (Wildman–Crippen LogP) is 0.724. The Morgan fingerprint density at radius 1 is 1.43 bits per heavy atom.